The van der Waals surface area contributed by atoms with Crippen LogP contribution in [0.2, 0.25) is 5.02 Å². The lowest BCUT2D eigenvalue weighted by Gasteiger charge is -2.27. The van der Waals surface area contributed by atoms with Gasteiger partial charge in [-0.05, 0) is 26.0 Å². The van der Waals surface area contributed by atoms with Crippen molar-refractivity contribution >= 4 is 23.0 Å². The van der Waals surface area contributed by atoms with Gasteiger partial charge in [-0.25, -0.2) is 0 Å². The molecule has 3 nitrogen and oxygen atoms in total. The Hall–Kier alpha value is -0.290. The van der Waals surface area contributed by atoms with Crippen molar-refractivity contribution in [2.24, 2.45) is 5.14 Å². The highest BCUT2D eigenvalue weighted by molar-refractivity contribution is 7.90. The SMILES string of the molecule is CC(CC(C)(C)[S+](N)[O-])c1cc(Cl)ccn1. The quantitative estimate of drug-likeness (QED) is 0.847. The van der Waals surface area contributed by atoms with Crippen LogP contribution >= 0.6 is 11.6 Å². The Balaban J connectivity index is 2.76. The van der Waals surface area contributed by atoms with Crippen LogP contribution in [0.3, 0.4) is 0 Å². The maximum Gasteiger partial charge on any atom is 0.140 e. The average molecular weight is 261 g/mol. The van der Waals surface area contributed by atoms with E-state index in [0.29, 0.717) is 11.4 Å². The molecule has 1 aromatic heterocycles. The van der Waals surface area contributed by atoms with E-state index in [1.54, 1.807) is 12.3 Å². The molecule has 0 aromatic carbocycles. The predicted octanol–water partition coefficient (Wildman–Crippen LogP) is 2.63. The minimum absolute atomic E-state index is 0.182. The molecule has 16 heavy (non-hydrogen) atoms. The topological polar surface area (TPSA) is 62.0 Å². The van der Waals surface area contributed by atoms with E-state index < -0.39 is 16.1 Å². The molecule has 1 heterocycles. The predicted molar refractivity (Wildman–Crippen MR) is 68.7 cm³/mol. The fraction of sp³-hybridized carbons (Fsp3) is 0.545. The van der Waals surface area contributed by atoms with Crippen LogP contribution in [0, 0.1) is 0 Å². The van der Waals surface area contributed by atoms with Crippen LogP contribution in [0.4, 0.5) is 0 Å². The molecule has 0 radical (unpaired) electrons. The number of rotatable bonds is 4. The van der Waals surface area contributed by atoms with Crippen LogP contribution in [0.15, 0.2) is 18.3 Å². The summed E-state index contributed by atoms with van der Waals surface area (Å²) in [5.74, 6) is 0.182. The second-order valence-electron chi connectivity index (χ2n) is 4.56. The maximum absolute atomic E-state index is 11.3. The van der Waals surface area contributed by atoms with E-state index in [0.717, 1.165) is 5.69 Å². The summed E-state index contributed by atoms with van der Waals surface area (Å²) in [5.41, 5.74) is 0.908. The first kappa shape index (κ1) is 13.8. The lowest BCUT2D eigenvalue weighted by atomic mass is 9.95. The van der Waals surface area contributed by atoms with Gasteiger partial charge in [-0.3, -0.25) is 4.98 Å². The fourth-order valence-corrected chi connectivity index (χ4v) is 2.20. The minimum atomic E-state index is -1.34. The second kappa shape index (κ2) is 5.36. The van der Waals surface area contributed by atoms with Gasteiger partial charge in [0.25, 0.3) is 0 Å². The number of nitrogens with zero attached hydrogens (tertiary/aromatic N) is 1. The first-order valence-corrected chi connectivity index (χ1v) is 6.70. The van der Waals surface area contributed by atoms with Gasteiger partial charge in [0.15, 0.2) is 0 Å². The molecule has 0 bridgehead atoms. The molecule has 2 N–H and O–H groups in total. The highest BCUT2D eigenvalue weighted by atomic mass is 35.5. The summed E-state index contributed by atoms with van der Waals surface area (Å²) in [6.07, 6.45) is 2.39. The Bertz CT molecular complexity index is 358. The third-order valence-corrected chi connectivity index (χ3v) is 4.08. The maximum atomic E-state index is 11.3. The van der Waals surface area contributed by atoms with Gasteiger partial charge in [0, 0.05) is 40.6 Å². The lowest BCUT2D eigenvalue weighted by Crippen LogP contribution is -2.38. The fourth-order valence-electron chi connectivity index (χ4n) is 1.61. The van der Waals surface area contributed by atoms with Gasteiger partial charge in [0.05, 0.1) is 0 Å². The van der Waals surface area contributed by atoms with Crippen LogP contribution in [-0.4, -0.2) is 14.3 Å². The molecule has 0 spiro atoms. The third kappa shape index (κ3) is 3.63. The highest BCUT2D eigenvalue weighted by Gasteiger charge is 2.32. The van der Waals surface area contributed by atoms with E-state index in [9.17, 15) is 4.55 Å². The van der Waals surface area contributed by atoms with Gasteiger partial charge < -0.3 is 4.55 Å². The summed E-state index contributed by atoms with van der Waals surface area (Å²) in [6.45, 7) is 5.82. The molecule has 0 fully saturated rings. The molecule has 0 aliphatic rings. The number of hydrogen-bond donors (Lipinski definition) is 1. The van der Waals surface area contributed by atoms with Gasteiger partial charge in [-0.1, -0.05) is 18.5 Å². The van der Waals surface area contributed by atoms with E-state index in [1.165, 1.54) is 0 Å². The summed E-state index contributed by atoms with van der Waals surface area (Å²) in [4.78, 5) is 4.26. The number of aromatic nitrogens is 1. The van der Waals surface area contributed by atoms with E-state index in [2.05, 4.69) is 4.98 Å². The Kier molecular flexibility index (Phi) is 4.62. The van der Waals surface area contributed by atoms with Crippen LogP contribution in [0.25, 0.3) is 0 Å². The minimum Gasteiger partial charge on any atom is -0.598 e. The molecule has 2 unspecified atom stereocenters. The van der Waals surface area contributed by atoms with Crippen molar-refractivity contribution < 1.29 is 4.55 Å². The summed E-state index contributed by atoms with van der Waals surface area (Å²) >= 11 is 4.56. The molecule has 5 heteroatoms. The van der Waals surface area contributed by atoms with Crippen molar-refractivity contribution in [2.45, 2.75) is 37.9 Å². The molecule has 0 amide bonds. The summed E-state index contributed by atoms with van der Waals surface area (Å²) in [5, 5.41) is 6.12. The van der Waals surface area contributed by atoms with Crippen molar-refractivity contribution in [3.8, 4) is 0 Å². The summed E-state index contributed by atoms with van der Waals surface area (Å²) in [7, 11) is 0. The number of nitrogens with two attached hydrogens (primary N) is 1. The molecule has 1 rings (SSSR count). The van der Waals surface area contributed by atoms with E-state index in [-0.39, 0.29) is 5.92 Å². The molecule has 0 aliphatic carbocycles. The molecule has 0 aliphatic heterocycles. The normalized spacial score (nSPS) is 15.9. The Morgan fingerprint density at radius 1 is 1.62 bits per heavy atom. The molecule has 1 aromatic rings. The zero-order valence-corrected chi connectivity index (χ0v) is 11.3. The van der Waals surface area contributed by atoms with E-state index in [4.69, 9.17) is 16.7 Å². The largest absolute Gasteiger partial charge is 0.598 e. The summed E-state index contributed by atoms with van der Waals surface area (Å²) < 4.78 is 10.9. The molecular weight excluding hydrogens is 244 g/mol. The van der Waals surface area contributed by atoms with E-state index >= 15 is 0 Å². The molecular formula is C11H17ClN2OS. The standard InChI is InChI=1S/C11H17ClN2OS/c1-8(7-11(2,3)16(13)15)10-6-9(12)4-5-14-10/h4-6,8H,7,13H2,1-3H3. The van der Waals surface area contributed by atoms with Crippen molar-refractivity contribution in [1.82, 2.24) is 4.98 Å². The monoisotopic (exact) mass is 260 g/mol. The van der Waals surface area contributed by atoms with E-state index in [1.807, 2.05) is 26.8 Å². The molecule has 0 saturated heterocycles. The van der Waals surface area contributed by atoms with Crippen LogP contribution in [0.5, 0.6) is 0 Å². The lowest BCUT2D eigenvalue weighted by molar-refractivity contribution is 0.496. The van der Waals surface area contributed by atoms with Gasteiger partial charge in [-0.2, -0.15) is 5.14 Å². The van der Waals surface area contributed by atoms with Gasteiger partial charge >= 0.3 is 0 Å². The van der Waals surface area contributed by atoms with Gasteiger partial charge in [-0.15, -0.1) is 0 Å². The Morgan fingerprint density at radius 2 is 2.25 bits per heavy atom. The van der Waals surface area contributed by atoms with Crippen molar-refractivity contribution in [3.05, 3.63) is 29.0 Å². The summed E-state index contributed by atoms with van der Waals surface area (Å²) in [6, 6.07) is 3.58. The van der Waals surface area contributed by atoms with Crippen molar-refractivity contribution in [1.29, 1.82) is 0 Å². The van der Waals surface area contributed by atoms with Crippen molar-refractivity contribution in [2.75, 3.05) is 0 Å². The Morgan fingerprint density at radius 3 is 2.75 bits per heavy atom. The highest BCUT2D eigenvalue weighted by Crippen LogP contribution is 2.29. The third-order valence-electron chi connectivity index (χ3n) is 2.59. The number of hydrogen-bond acceptors (Lipinski definition) is 3. The molecule has 2 atom stereocenters. The van der Waals surface area contributed by atoms with Gasteiger partial charge in [0.1, 0.15) is 4.75 Å². The first-order valence-electron chi connectivity index (χ1n) is 5.10. The Labute approximate surface area is 105 Å². The smallest absolute Gasteiger partial charge is 0.140 e. The zero-order chi connectivity index (χ0) is 12.3. The molecule has 0 saturated carbocycles. The number of pyridine rings is 1. The first-order chi connectivity index (χ1) is 7.33. The van der Waals surface area contributed by atoms with Crippen LogP contribution < -0.4 is 5.14 Å². The zero-order valence-electron chi connectivity index (χ0n) is 9.74. The van der Waals surface area contributed by atoms with Crippen LogP contribution in [-0.2, 0) is 11.4 Å². The number of halogens is 1. The molecule has 90 valence electrons. The average Bonchev–Trinajstić information content (AvgIpc) is 2.16. The van der Waals surface area contributed by atoms with Crippen LogP contribution in [0.1, 0.15) is 38.8 Å². The second-order valence-corrected chi connectivity index (χ2v) is 6.70. The van der Waals surface area contributed by atoms with Gasteiger partial charge in [0.2, 0.25) is 0 Å². The van der Waals surface area contributed by atoms with Crippen molar-refractivity contribution in [3.63, 3.8) is 0 Å².